The van der Waals surface area contributed by atoms with Gasteiger partial charge in [0.25, 0.3) is 5.69 Å². The molecule has 0 fully saturated rings. The molecule has 6 nitrogen and oxygen atoms in total. The standard InChI is InChI=1S/C7H6ClNO3.C6H6ClNO/c1-12-7-4-5(9(10)11)2-3-6(7)8;7-5-2-1-4(8)3-6(5)9/h2-4H,1H3;1-3,9H,8H2. The van der Waals surface area contributed by atoms with Gasteiger partial charge in [-0.3, -0.25) is 10.1 Å². The van der Waals surface area contributed by atoms with Crippen molar-refractivity contribution < 1.29 is 14.8 Å². The SMILES string of the molecule is COc1cc([N+](=O)[O-])ccc1Cl.Nc1ccc(Cl)c(O)c1. The van der Waals surface area contributed by atoms with Crippen molar-refractivity contribution in [3.63, 3.8) is 0 Å². The van der Waals surface area contributed by atoms with E-state index in [1.165, 1.54) is 31.4 Å². The largest absolute Gasteiger partial charge is 0.506 e. The fourth-order valence-electron chi connectivity index (χ4n) is 1.29. The highest BCUT2D eigenvalue weighted by atomic mass is 35.5. The van der Waals surface area contributed by atoms with Gasteiger partial charge in [0.05, 0.1) is 28.1 Å². The number of nitrogen functional groups attached to an aromatic ring is 1. The molecule has 112 valence electrons. The van der Waals surface area contributed by atoms with E-state index >= 15 is 0 Å². The van der Waals surface area contributed by atoms with Crippen molar-refractivity contribution in [2.45, 2.75) is 0 Å². The molecule has 0 unspecified atom stereocenters. The number of methoxy groups -OCH3 is 1. The summed E-state index contributed by atoms with van der Waals surface area (Å²) in [6.07, 6.45) is 0. The maximum Gasteiger partial charge on any atom is 0.273 e. The summed E-state index contributed by atoms with van der Waals surface area (Å²) in [6, 6.07) is 8.61. The monoisotopic (exact) mass is 330 g/mol. The number of aromatic hydroxyl groups is 1. The molecule has 2 aromatic rings. The molecule has 0 aliphatic carbocycles. The zero-order valence-corrected chi connectivity index (χ0v) is 12.4. The van der Waals surface area contributed by atoms with Gasteiger partial charge in [0, 0.05) is 17.8 Å². The van der Waals surface area contributed by atoms with E-state index in [1.54, 1.807) is 12.1 Å². The molecule has 2 aromatic carbocycles. The highest BCUT2D eigenvalue weighted by Gasteiger charge is 2.09. The maximum absolute atomic E-state index is 10.3. The van der Waals surface area contributed by atoms with Gasteiger partial charge in [0.15, 0.2) is 0 Å². The maximum atomic E-state index is 10.3. The summed E-state index contributed by atoms with van der Waals surface area (Å²) in [7, 11) is 1.41. The van der Waals surface area contributed by atoms with Crippen molar-refractivity contribution in [2.75, 3.05) is 12.8 Å². The van der Waals surface area contributed by atoms with E-state index in [-0.39, 0.29) is 11.4 Å². The number of phenols is 1. The number of benzene rings is 2. The lowest BCUT2D eigenvalue weighted by molar-refractivity contribution is -0.384. The first-order valence-electron chi connectivity index (χ1n) is 5.57. The summed E-state index contributed by atoms with van der Waals surface area (Å²) in [4.78, 5) is 9.79. The molecule has 3 N–H and O–H groups in total. The molecular formula is C13H12Cl2N2O4. The molecule has 0 aromatic heterocycles. The Bertz CT molecular complexity index is 650. The lowest BCUT2D eigenvalue weighted by atomic mass is 10.3. The highest BCUT2D eigenvalue weighted by molar-refractivity contribution is 6.32. The summed E-state index contributed by atoms with van der Waals surface area (Å²) in [5.41, 5.74) is 5.79. The number of non-ortho nitro benzene ring substituents is 1. The molecule has 0 spiro atoms. The molecule has 0 amide bonds. The summed E-state index contributed by atoms with van der Waals surface area (Å²) in [5.74, 6) is 0.336. The van der Waals surface area contributed by atoms with Crippen molar-refractivity contribution >= 4 is 34.6 Å². The molecule has 0 bridgehead atoms. The number of nitro groups is 1. The Kier molecular flexibility index (Phi) is 6.08. The van der Waals surface area contributed by atoms with E-state index in [9.17, 15) is 10.1 Å². The predicted molar refractivity (Wildman–Crippen MR) is 82.2 cm³/mol. The van der Waals surface area contributed by atoms with Gasteiger partial charge in [-0.25, -0.2) is 0 Å². The summed E-state index contributed by atoms with van der Waals surface area (Å²) in [5, 5.41) is 19.9. The number of nitro benzene ring substituents is 1. The lowest BCUT2D eigenvalue weighted by Crippen LogP contribution is -1.89. The van der Waals surface area contributed by atoms with Crippen LogP contribution in [0.3, 0.4) is 0 Å². The van der Waals surface area contributed by atoms with Gasteiger partial charge in [0.2, 0.25) is 0 Å². The van der Waals surface area contributed by atoms with E-state index in [4.69, 9.17) is 38.8 Å². The van der Waals surface area contributed by atoms with Gasteiger partial charge in [-0.1, -0.05) is 23.2 Å². The summed E-state index contributed by atoms with van der Waals surface area (Å²) in [6.45, 7) is 0. The molecule has 0 saturated heterocycles. The van der Waals surface area contributed by atoms with Gasteiger partial charge in [0.1, 0.15) is 11.5 Å². The zero-order valence-electron chi connectivity index (χ0n) is 10.9. The van der Waals surface area contributed by atoms with Crippen LogP contribution in [0, 0.1) is 10.1 Å². The van der Waals surface area contributed by atoms with E-state index in [1.807, 2.05) is 0 Å². The van der Waals surface area contributed by atoms with Crippen molar-refractivity contribution in [1.82, 2.24) is 0 Å². The Labute approximate surface area is 130 Å². The van der Waals surface area contributed by atoms with Crippen LogP contribution in [-0.4, -0.2) is 17.1 Å². The van der Waals surface area contributed by atoms with Crippen molar-refractivity contribution in [3.8, 4) is 11.5 Å². The Morgan fingerprint density at radius 3 is 2.29 bits per heavy atom. The number of hydrogen-bond acceptors (Lipinski definition) is 5. The van der Waals surface area contributed by atoms with Crippen LogP contribution in [-0.2, 0) is 0 Å². The number of rotatable bonds is 2. The number of ether oxygens (including phenoxy) is 1. The number of anilines is 1. The molecule has 8 heteroatoms. The van der Waals surface area contributed by atoms with Crippen LogP contribution >= 0.6 is 23.2 Å². The van der Waals surface area contributed by atoms with Crippen molar-refractivity contribution in [3.05, 3.63) is 56.6 Å². The zero-order chi connectivity index (χ0) is 16.0. The number of nitrogens with zero attached hydrogens (tertiary/aromatic N) is 1. The minimum atomic E-state index is -0.501. The third kappa shape index (κ3) is 5.02. The molecule has 0 radical (unpaired) electrons. The van der Waals surface area contributed by atoms with Crippen LogP contribution in [0.1, 0.15) is 0 Å². The van der Waals surface area contributed by atoms with Crippen molar-refractivity contribution in [1.29, 1.82) is 0 Å². The third-order valence-electron chi connectivity index (χ3n) is 2.32. The number of nitrogens with two attached hydrogens (primary N) is 1. The second kappa shape index (κ2) is 7.56. The first-order chi connectivity index (χ1) is 9.85. The predicted octanol–water partition coefficient (Wildman–Crippen LogP) is 3.88. The van der Waals surface area contributed by atoms with E-state index in [0.29, 0.717) is 21.5 Å². The minimum Gasteiger partial charge on any atom is -0.506 e. The fraction of sp³-hybridized carbons (Fsp3) is 0.0769. The Morgan fingerprint density at radius 2 is 1.81 bits per heavy atom. The first kappa shape index (κ1) is 16.9. The number of hydrogen-bond donors (Lipinski definition) is 2. The van der Waals surface area contributed by atoms with Crippen LogP contribution in [0.2, 0.25) is 10.0 Å². The third-order valence-corrected chi connectivity index (χ3v) is 2.95. The Morgan fingerprint density at radius 1 is 1.19 bits per heavy atom. The number of phenolic OH excluding ortho intramolecular Hbond substituents is 1. The van der Waals surface area contributed by atoms with Gasteiger partial charge in [-0.15, -0.1) is 0 Å². The first-order valence-corrected chi connectivity index (χ1v) is 6.32. The summed E-state index contributed by atoms with van der Waals surface area (Å²) < 4.78 is 4.80. The molecule has 2 rings (SSSR count). The average molecular weight is 331 g/mol. The quantitative estimate of drug-likeness (QED) is 0.494. The van der Waals surface area contributed by atoms with Crippen LogP contribution < -0.4 is 10.5 Å². The molecule has 21 heavy (non-hydrogen) atoms. The molecule has 0 saturated carbocycles. The van der Waals surface area contributed by atoms with Crippen LogP contribution in [0.15, 0.2) is 36.4 Å². The molecule has 0 aliphatic heterocycles. The Hall–Kier alpha value is -2.18. The molecule has 0 atom stereocenters. The molecule has 0 heterocycles. The van der Waals surface area contributed by atoms with Crippen LogP contribution in [0.4, 0.5) is 11.4 Å². The van der Waals surface area contributed by atoms with Gasteiger partial charge < -0.3 is 15.6 Å². The minimum absolute atomic E-state index is 0.0247. The van der Waals surface area contributed by atoms with Crippen molar-refractivity contribution in [2.24, 2.45) is 0 Å². The second-order valence-electron chi connectivity index (χ2n) is 3.79. The summed E-state index contributed by atoms with van der Waals surface area (Å²) >= 11 is 11.1. The topological polar surface area (TPSA) is 98.6 Å². The van der Waals surface area contributed by atoms with E-state index in [0.717, 1.165) is 0 Å². The van der Waals surface area contributed by atoms with Crippen LogP contribution in [0.5, 0.6) is 11.5 Å². The highest BCUT2D eigenvalue weighted by Crippen LogP contribution is 2.28. The van der Waals surface area contributed by atoms with Gasteiger partial charge in [-0.05, 0) is 18.2 Å². The van der Waals surface area contributed by atoms with Gasteiger partial charge in [-0.2, -0.15) is 0 Å². The molecule has 0 aliphatic rings. The van der Waals surface area contributed by atoms with Gasteiger partial charge >= 0.3 is 0 Å². The Balaban J connectivity index is 0.000000219. The second-order valence-corrected chi connectivity index (χ2v) is 4.60. The lowest BCUT2D eigenvalue weighted by Gasteiger charge is -2.00. The fourth-order valence-corrected chi connectivity index (χ4v) is 1.60. The smallest absolute Gasteiger partial charge is 0.273 e. The average Bonchev–Trinajstić information content (AvgIpc) is 2.44. The van der Waals surface area contributed by atoms with E-state index in [2.05, 4.69) is 0 Å². The van der Waals surface area contributed by atoms with E-state index < -0.39 is 4.92 Å². The number of halogens is 2. The normalized spacial score (nSPS) is 9.48. The molecular weight excluding hydrogens is 319 g/mol. The van der Waals surface area contributed by atoms with Crippen LogP contribution in [0.25, 0.3) is 0 Å².